The van der Waals surface area contributed by atoms with E-state index in [0.29, 0.717) is 24.8 Å². The van der Waals surface area contributed by atoms with Crippen LogP contribution in [-0.4, -0.2) is 48.5 Å². The van der Waals surface area contributed by atoms with Gasteiger partial charge in [-0.1, -0.05) is 19.3 Å². The molecule has 0 spiro atoms. The minimum absolute atomic E-state index is 0.0440. The molecule has 3 atom stereocenters. The Bertz CT molecular complexity index is 639. The minimum atomic E-state index is -0.467. The molecule has 156 valence electrons. The fourth-order valence-electron chi connectivity index (χ4n) is 4.41. The van der Waals surface area contributed by atoms with Crippen LogP contribution in [0.25, 0.3) is 0 Å². The van der Waals surface area contributed by atoms with Crippen LogP contribution in [-0.2, 0) is 14.3 Å². The number of likely N-dealkylation sites (N-methyl/N-ethyl adjacent to an activating group) is 1. The fourth-order valence-corrected chi connectivity index (χ4v) is 5.12. The number of nitrogens with zero attached hydrogens (tertiary/aromatic N) is 1. The number of rotatable bonds is 8. The van der Waals surface area contributed by atoms with Crippen molar-refractivity contribution in [3.63, 3.8) is 0 Å². The highest BCUT2D eigenvalue weighted by Gasteiger charge is 2.39. The van der Waals surface area contributed by atoms with E-state index in [1.165, 1.54) is 24.8 Å². The van der Waals surface area contributed by atoms with Crippen LogP contribution in [0.3, 0.4) is 0 Å². The van der Waals surface area contributed by atoms with Crippen LogP contribution in [0, 0.1) is 5.92 Å². The monoisotopic (exact) mass is 407 g/mol. The zero-order chi connectivity index (χ0) is 19.9. The van der Waals surface area contributed by atoms with Crippen LogP contribution < -0.4 is 0 Å². The van der Waals surface area contributed by atoms with Gasteiger partial charge in [-0.15, -0.1) is 0 Å². The number of allylic oxidation sites excluding steroid dienone is 1. The van der Waals surface area contributed by atoms with Gasteiger partial charge in [-0.2, -0.15) is 11.3 Å². The number of hydrogen-bond acceptors (Lipinski definition) is 5. The lowest BCUT2D eigenvalue weighted by atomic mass is 9.81. The number of aliphatic hydroxyl groups is 1. The van der Waals surface area contributed by atoms with Gasteiger partial charge in [0, 0.05) is 38.1 Å². The first-order chi connectivity index (χ1) is 13.7. The molecule has 0 radical (unpaired) electrons. The predicted molar refractivity (Wildman–Crippen MR) is 111 cm³/mol. The van der Waals surface area contributed by atoms with Crippen molar-refractivity contribution in [2.45, 2.75) is 70.1 Å². The van der Waals surface area contributed by atoms with Gasteiger partial charge in [0.2, 0.25) is 6.29 Å². The van der Waals surface area contributed by atoms with Gasteiger partial charge in [0.1, 0.15) is 0 Å². The zero-order valence-corrected chi connectivity index (χ0v) is 17.8. The van der Waals surface area contributed by atoms with Crippen molar-refractivity contribution in [3.05, 3.63) is 34.2 Å². The van der Waals surface area contributed by atoms with E-state index in [0.717, 1.165) is 19.3 Å². The van der Waals surface area contributed by atoms with Crippen molar-refractivity contribution in [1.82, 2.24) is 4.90 Å². The Kier molecular flexibility index (Phi) is 7.94. The van der Waals surface area contributed by atoms with Crippen molar-refractivity contribution in [1.29, 1.82) is 0 Å². The highest BCUT2D eigenvalue weighted by atomic mass is 32.1. The van der Waals surface area contributed by atoms with Crippen LogP contribution in [0.4, 0.5) is 0 Å². The van der Waals surface area contributed by atoms with Gasteiger partial charge in [-0.3, -0.25) is 4.79 Å². The first kappa shape index (κ1) is 21.3. The lowest BCUT2D eigenvalue weighted by Gasteiger charge is -2.38. The minimum Gasteiger partial charge on any atom is -0.459 e. The fraction of sp³-hybridized carbons (Fsp3) is 0.682. The molecule has 5 nitrogen and oxygen atoms in total. The maximum Gasteiger partial charge on any atom is 0.288 e. The molecule has 1 fully saturated rings. The van der Waals surface area contributed by atoms with Crippen molar-refractivity contribution >= 4 is 17.2 Å². The molecule has 1 aromatic heterocycles. The zero-order valence-electron chi connectivity index (χ0n) is 17.0. The molecule has 0 aromatic carbocycles. The molecule has 1 N–H and O–H groups in total. The first-order valence-electron chi connectivity index (χ1n) is 10.6. The van der Waals surface area contributed by atoms with E-state index in [4.69, 9.17) is 9.47 Å². The summed E-state index contributed by atoms with van der Waals surface area (Å²) in [6.07, 6.45) is 8.77. The Morgan fingerprint density at radius 3 is 2.79 bits per heavy atom. The SMILES string of the molecule is CCOC1OC(C(=O)N(C)C2CCCCC2)=CC(c2ccsc2)C1CCCO. The molecule has 1 aromatic rings. The molecule has 1 saturated carbocycles. The van der Waals surface area contributed by atoms with E-state index in [1.807, 2.05) is 24.9 Å². The summed E-state index contributed by atoms with van der Waals surface area (Å²) in [6, 6.07) is 2.40. The van der Waals surface area contributed by atoms with E-state index in [-0.39, 0.29) is 24.3 Å². The molecule has 3 rings (SSSR count). The Hall–Kier alpha value is -1.37. The molecule has 1 aliphatic heterocycles. The summed E-state index contributed by atoms with van der Waals surface area (Å²) in [5.41, 5.74) is 1.19. The molecule has 2 heterocycles. The summed E-state index contributed by atoms with van der Waals surface area (Å²) in [4.78, 5) is 15.1. The summed E-state index contributed by atoms with van der Waals surface area (Å²) in [5.74, 6) is 0.500. The van der Waals surface area contributed by atoms with Gasteiger partial charge >= 0.3 is 0 Å². The van der Waals surface area contributed by atoms with E-state index in [2.05, 4.69) is 16.8 Å². The quantitative estimate of drug-likeness (QED) is 0.698. The summed E-state index contributed by atoms with van der Waals surface area (Å²) >= 11 is 1.66. The molecule has 1 amide bonds. The van der Waals surface area contributed by atoms with Crippen molar-refractivity contribution in [2.24, 2.45) is 5.92 Å². The number of hydrogen-bond donors (Lipinski definition) is 1. The Morgan fingerprint density at radius 1 is 1.36 bits per heavy atom. The number of thiophene rings is 1. The Morgan fingerprint density at radius 2 is 2.14 bits per heavy atom. The average Bonchev–Trinajstić information content (AvgIpc) is 3.27. The van der Waals surface area contributed by atoms with Gasteiger partial charge < -0.3 is 19.5 Å². The summed E-state index contributed by atoms with van der Waals surface area (Å²) in [7, 11) is 1.90. The van der Waals surface area contributed by atoms with Gasteiger partial charge in [0.25, 0.3) is 5.91 Å². The van der Waals surface area contributed by atoms with Gasteiger partial charge in [0.05, 0.1) is 0 Å². The van der Waals surface area contributed by atoms with Crippen LogP contribution in [0.2, 0.25) is 0 Å². The largest absolute Gasteiger partial charge is 0.459 e. The number of ether oxygens (including phenoxy) is 2. The molecule has 28 heavy (non-hydrogen) atoms. The van der Waals surface area contributed by atoms with Gasteiger partial charge in [0.15, 0.2) is 5.76 Å². The molecule has 0 bridgehead atoms. The molecule has 1 aliphatic carbocycles. The van der Waals surface area contributed by atoms with Crippen LogP contribution >= 0.6 is 11.3 Å². The number of carbonyl (C=O) groups excluding carboxylic acids is 1. The molecular weight excluding hydrogens is 374 g/mol. The highest BCUT2D eigenvalue weighted by molar-refractivity contribution is 7.08. The Labute approximate surface area is 172 Å². The first-order valence-corrected chi connectivity index (χ1v) is 11.5. The van der Waals surface area contributed by atoms with Crippen LogP contribution in [0.1, 0.15) is 63.4 Å². The second kappa shape index (κ2) is 10.4. The number of amides is 1. The maximum atomic E-state index is 13.2. The topological polar surface area (TPSA) is 59.0 Å². The van der Waals surface area contributed by atoms with E-state index in [1.54, 1.807) is 11.3 Å². The average molecular weight is 408 g/mol. The van der Waals surface area contributed by atoms with E-state index < -0.39 is 6.29 Å². The summed E-state index contributed by atoms with van der Waals surface area (Å²) in [6.45, 7) is 2.61. The molecule has 6 heteroatoms. The van der Waals surface area contributed by atoms with E-state index >= 15 is 0 Å². The molecule has 3 unspecified atom stereocenters. The summed E-state index contributed by atoms with van der Waals surface area (Å²) in [5, 5.41) is 13.5. The number of carbonyl (C=O) groups is 1. The van der Waals surface area contributed by atoms with Crippen molar-refractivity contribution < 1.29 is 19.4 Å². The molecule has 0 saturated heterocycles. The van der Waals surface area contributed by atoms with Crippen molar-refractivity contribution in [2.75, 3.05) is 20.3 Å². The maximum absolute atomic E-state index is 13.2. The highest BCUT2D eigenvalue weighted by Crippen LogP contribution is 2.40. The van der Waals surface area contributed by atoms with Crippen LogP contribution in [0.15, 0.2) is 28.7 Å². The normalized spacial score (nSPS) is 25.8. The lowest BCUT2D eigenvalue weighted by molar-refractivity contribution is -0.170. The smallest absolute Gasteiger partial charge is 0.288 e. The third kappa shape index (κ3) is 4.97. The molecular formula is C22H33NO4S. The van der Waals surface area contributed by atoms with Gasteiger partial charge in [-0.25, -0.2) is 0 Å². The third-order valence-corrected chi connectivity index (χ3v) is 6.69. The lowest BCUT2D eigenvalue weighted by Crippen LogP contribution is -2.43. The second-order valence-electron chi connectivity index (χ2n) is 7.79. The predicted octanol–water partition coefficient (Wildman–Crippen LogP) is 4.29. The standard InChI is InChI=1S/C22H33NO4S/c1-3-26-22-18(10-7-12-24)19(16-11-13-28-15-16)14-20(27-22)21(25)23(2)17-8-5-4-6-9-17/h11,13-15,17-19,22,24H,3-10,12H2,1-2H3. The van der Waals surface area contributed by atoms with Gasteiger partial charge in [-0.05, 0) is 61.1 Å². The van der Waals surface area contributed by atoms with Crippen LogP contribution in [0.5, 0.6) is 0 Å². The summed E-state index contributed by atoms with van der Waals surface area (Å²) < 4.78 is 12.0. The van der Waals surface area contributed by atoms with Crippen molar-refractivity contribution in [3.8, 4) is 0 Å². The molecule has 2 aliphatic rings. The third-order valence-electron chi connectivity index (χ3n) is 5.99. The Balaban J connectivity index is 1.85. The number of aliphatic hydroxyl groups excluding tert-OH is 1. The van der Waals surface area contributed by atoms with E-state index in [9.17, 15) is 9.90 Å². The second-order valence-corrected chi connectivity index (χ2v) is 8.57.